The molecule has 1 rings (SSSR count). The first-order valence-corrected chi connectivity index (χ1v) is 6.49. The number of halogens is 1. The molecule has 0 N–H and O–H groups in total. The van der Waals surface area contributed by atoms with Crippen LogP contribution in [0.5, 0.6) is 0 Å². The number of nitrogens with zero attached hydrogens (tertiary/aromatic N) is 1. The fraction of sp³-hybridized carbons (Fsp3) is 0.385. The van der Waals surface area contributed by atoms with E-state index >= 15 is 0 Å². The van der Waals surface area contributed by atoms with Gasteiger partial charge < -0.3 is 4.74 Å². The number of carbonyl (C=O) groups is 1. The second-order valence-electron chi connectivity index (χ2n) is 3.79. The first-order valence-electron chi connectivity index (χ1n) is 5.44. The van der Waals surface area contributed by atoms with E-state index in [2.05, 4.69) is 4.74 Å². The Labute approximate surface area is 110 Å². The maximum Gasteiger partial charge on any atom is 0.306 e. The highest BCUT2D eigenvalue weighted by molar-refractivity contribution is 7.99. The van der Waals surface area contributed by atoms with E-state index in [9.17, 15) is 9.18 Å². The number of rotatable bonds is 5. The summed E-state index contributed by atoms with van der Waals surface area (Å²) >= 11 is 1.46. The Morgan fingerprint density at radius 3 is 2.94 bits per heavy atom. The van der Waals surface area contributed by atoms with Crippen LogP contribution >= 0.6 is 11.8 Å². The van der Waals surface area contributed by atoms with E-state index in [0.717, 1.165) is 0 Å². The zero-order valence-corrected chi connectivity index (χ0v) is 11.1. The highest BCUT2D eigenvalue weighted by Gasteiger charge is 2.12. The van der Waals surface area contributed by atoms with Crippen LogP contribution in [0.4, 0.5) is 4.39 Å². The van der Waals surface area contributed by atoms with Gasteiger partial charge in [-0.3, -0.25) is 4.79 Å². The summed E-state index contributed by atoms with van der Waals surface area (Å²) < 4.78 is 18.3. The molecule has 0 fully saturated rings. The third kappa shape index (κ3) is 4.04. The van der Waals surface area contributed by atoms with Crippen molar-refractivity contribution in [2.75, 3.05) is 7.11 Å². The Morgan fingerprint density at radius 2 is 2.33 bits per heavy atom. The Kier molecular flexibility index (Phi) is 5.66. The lowest BCUT2D eigenvalue weighted by Gasteiger charge is -2.10. The molecule has 0 aromatic heterocycles. The predicted molar refractivity (Wildman–Crippen MR) is 68.5 cm³/mol. The maximum absolute atomic E-state index is 13.7. The highest BCUT2D eigenvalue weighted by Crippen LogP contribution is 2.23. The van der Waals surface area contributed by atoms with Gasteiger partial charge in [-0.1, -0.05) is 19.1 Å². The Bertz CT molecular complexity index is 471. The van der Waals surface area contributed by atoms with Gasteiger partial charge in [-0.05, 0) is 11.6 Å². The van der Waals surface area contributed by atoms with Crippen LogP contribution in [0.15, 0.2) is 18.2 Å². The lowest BCUT2D eigenvalue weighted by atomic mass is 10.1. The molecule has 0 aliphatic carbocycles. The van der Waals surface area contributed by atoms with E-state index in [-0.39, 0.29) is 16.8 Å². The maximum atomic E-state index is 13.7. The molecule has 0 amide bonds. The van der Waals surface area contributed by atoms with Crippen LogP contribution in [0.3, 0.4) is 0 Å². The van der Waals surface area contributed by atoms with Crippen molar-refractivity contribution in [3.05, 3.63) is 35.1 Å². The number of benzene rings is 1. The van der Waals surface area contributed by atoms with Crippen molar-refractivity contribution in [3.63, 3.8) is 0 Å². The average Bonchev–Trinajstić information content (AvgIpc) is 2.37. The van der Waals surface area contributed by atoms with Crippen molar-refractivity contribution in [2.24, 2.45) is 0 Å². The number of nitriles is 1. The molecular weight excluding hydrogens is 253 g/mol. The van der Waals surface area contributed by atoms with Crippen LogP contribution in [-0.4, -0.2) is 18.3 Å². The Balaban J connectivity index is 2.59. The molecule has 0 radical (unpaired) electrons. The molecule has 0 aliphatic rings. The number of carbonyl (C=O) groups excluding carboxylic acids is 1. The monoisotopic (exact) mass is 267 g/mol. The molecule has 0 saturated heterocycles. The largest absolute Gasteiger partial charge is 0.469 e. The smallest absolute Gasteiger partial charge is 0.306 e. The summed E-state index contributed by atoms with van der Waals surface area (Å²) in [6.45, 7) is 1.88. The molecule has 1 aromatic carbocycles. The van der Waals surface area contributed by atoms with Crippen LogP contribution < -0.4 is 0 Å². The number of ether oxygens (including phenoxy) is 1. The van der Waals surface area contributed by atoms with E-state index in [0.29, 0.717) is 17.7 Å². The van der Waals surface area contributed by atoms with Gasteiger partial charge in [0.15, 0.2) is 0 Å². The summed E-state index contributed by atoms with van der Waals surface area (Å²) in [6.07, 6.45) is 0.292. The lowest BCUT2D eigenvalue weighted by Crippen LogP contribution is -2.09. The van der Waals surface area contributed by atoms with Gasteiger partial charge in [0.1, 0.15) is 11.9 Å². The van der Waals surface area contributed by atoms with Gasteiger partial charge in [0, 0.05) is 11.0 Å². The Hall–Kier alpha value is -1.54. The molecule has 0 spiro atoms. The van der Waals surface area contributed by atoms with Crippen LogP contribution in [0.2, 0.25) is 0 Å². The molecule has 0 aliphatic heterocycles. The molecule has 1 atom stereocenters. The van der Waals surface area contributed by atoms with Gasteiger partial charge in [-0.15, -0.1) is 0 Å². The first-order chi connectivity index (χ1) is 8.58. The molecule has 0 bridgehead atoms. The van der Waals surface area contributed by atoms with Gasteiger partial charge in [-0.2, -0.15) is 17.0 Å². The van der Waals surface area contributed by atoms with Gasteiger partial charge in [-0.25, -0.2) is 4.39 Å². The summed E-state index contributed by atoms with van der Waals surface area (Å²) in [5.74, 6) is -0.321. The second kappa shape index (κ2) is 7.02. The van der Waals surface area contributed by atoms with Gasteiger partial charge in [0.05, 0.1) is 19.1 Å². The minimum atomic E-state index is -0.474. The third-order valence-corrected chi connectivity index (χ3v) is 3.62. The molecular formula is C13H14FNO2S. The number of esters is 1. The summed E-state index contributed by atoms with van der Waals surface area (Å²) in [5.41, 5.74) is 0.532. The van der Waals surface area contributed by atoms with Crippen LogP contribution in [-0.2, 0) is 15.3 Å². The van der Waals surface area contributed by atoms with Crippen molar-refractivity contribution < 1.29 is 13.9 Å². The second-order valence-corrected chi connectivity index (χ2v) is 5.22. The third-order valence-electron chi connectivity index (χ3n) is 2.40. The van der Waals surface area contributed by atoms with Crippen molar-refractivity contribution in [2.45, 2.75) is 24.3 Å². The molecule has 0 saturated carbocycles. The number of hydrogen-bond donors (Lipinski definition) is 0. The molecule has 1 unspecified atom stereocenters. The van der Waals surface area contributed by atoms with E-state index in [1.165, 1.54) is 24.9 Å². The zero-order valence-electron chi connectivity index (χ0n) is 10.3. The lowest BCUT2D eigenvalue weighted by molar-refractivity contribution is -0.140. The van der Waals surface area contributed by atoms with E-state index in [1.54, 1.807) is 18.2 Å². The van der Waals surface area contributed by atoms with Gasteiger partial charge in [0.25, 0.3) is 0 Å². The van der Waals surface area contributed by atoms with Crippen LogP contribution in [0.25, 0.3) is 0 Å². The van der Waals surface area contributed by atoms with Crippen molar-refractivity contribution in [1.29, 1.82) is 5.26 Å². The standard InChI is InChI=1S/C13H14FNO2S/c1-9(6-12(16)17-2)18-8-11-5-3-4-10(7-15)13(11)14/h3-5,9H,6,8H2,1-2H3. The number of hydrogen-bond acceptors (Lipinski definition) is 4. The van der Waals surface area contributed by atoms with E-state index in [1.807, 2.05) is 6.92 Å². The number of thioether (sulfide) groups is 1. The molecule has 96 valence electrons. The van der Waals surface area contributed by atoms with Crippen molar-refractivity contribution >= 4 is 17.7 Å². The summed E-state index contributed by atoms with van der Waals surface area (Å²) in [7, 11) is 1.34. The fourth-order valence-corrected chi connectivity index (χ4v) is 2.33. The number of methoxy groups -OCH3 is 1. The average molecular weight is 267 g/mol. The minimum absolute atomic E-state index is 0.0441. The molecule has 1 aromatic rings. The minimum Gasteiger partial charge on any atom is -0.469 e. The molecule has 5 heteroatoms. The molecule has 3 nitrogen and oxygen atoms in total. The molecule has 18 heavy (non-hydrogen) atoms. The van der Waals surface area contributed by atoms with Crippen LogP contribution in [0.1, 0.15) is 24.5 Å². The zero-order chi connectivity index (χ0) is 13.5. The van der Waals surface area contributed by atoms with Crippen molar-refractivity contribution in [3.8, 4) is 6.07 Å². The molecule has 0 heterocycles. The van der Waals surface area contributed by atoms with E-state index < -0.39 is 5.82 Å². The Morgan fingerprint density at radius 1 is 1.61 bits per heavy atom. The quantitative estimate of drug-likeness (QED) is 0.770. The van der Waals surface area contributed by atoms with E-state index in [4.69, 9.17) is 5.26 Å². The predicted octanol–water partition coefficient (Wildman–Crippen LogP) is 2.88. The topological polar surface area (TPSA) is 50.1 Å². The summed E-state index contributed by atoms with van der Waals surface area (Å²) in [5, 5.41) is 8.76. The normalized spacial score (nSPS) is 11.7. The highest BCUT2D eigenvalue weighted by atomic mass is 32.2. The van der Waals surface area contributed by atoms with Gasteiger partial charge >= 0.3 is 5.97 Å². The summed E-state index contributed by atoms with van der Waals surface area (Å²) in [4.78, 5) is 11.0. The van der Waals surface area contributed by atoms with Crippen molar-refractivity contribution in [1.82, 2.24) is 0 Å². The summed E-state index contributed by atoms with van der Waals surface area (Å²) in [6, 6.07) is 6.55. The fourth-order valence-electron chi connectivity index (χ4n) is 1.39. The SMILES string of the molecule is COC(=O)CC(C)SCc1cccc(C#N)c1F. The first kappa shape index (κ1) is 14.5. The van der Waals surface area contributed by atoms with Gasteiger partial charge in [0.2, 0.25) is 0 Å². The van der Waals surface area contributed by atoms with Crippen LogP contribution in [0, 0.1) is 17.1 Å².